The molecule has 5 nitrogen and oxygen atoms in total. The second kappa shape index (κ2) is 8.49. The van der Waals surface area contributed by atoms with Gasteiger partial charge >= 0.3 is 0 Å². The van der Waals surface area contributed by atoms with Gasteiger partial charge in [0.15, 0.2) is 0 Å². The summed E-state index contributed by atoms with van der Waals surface area (Å²) in [5.41, 5.74) is 2.77. The SMILES string of the molecule is COc1ccc(NC(=O)[C@H](C)[C@H]2C[C@H]3C[C@@H](c4ccnc5ccc(F)cc45)C[C@H]3C2)cn1. The highest BCUT2D eigenvalue weighted by atomic mass is 19.1. The number of methoxy groups -OCH3 is 1. The summed E-state index contributed by atoms with van der Waals surface area (Å²) in [5, 5.41) is 3.94. The number of nitrogens with one attached hydrogen (secondary N) is 1. The zero-order valence-corrected chi connectivity index (χ0v) is 18.4. The van der Waals surface area contributed by atoms with Crippen LogP contribution >= 0.6 is 0 Å². The second-order valence-corrected chi connectivity index (χ2v) is 9.35. The minimum Gasteiger partial charge on any atom is -0.481 e. The van der Waals surface area contributed by atoms with Crippen LogP contribution in [0.1, 0.15) is 44.1 Å². The van der Waals surface area contributed by atoms with Gasteiger partial charge in [-0.25, -0.2) is 9.37 Å². The molecule has 0 radical (unpaired) electrons. The van der Waals surface area contributed by atoms with E-state index in [2.05, 4.69) is 21.4 Å². The zero-order chi connectivity index (χ0) is 22.2. The lowest BCUT2D eigenvalue weighted by Crippen LogP contribution is -2.26. The fourth-order valence-electron chi connectivity index (χ4n) is 5.87. The van der Waals surface area contributed by atoms with Crippen molar-refractivity contribution in [2.24, 2.45) is 23.7 Å². The van der Waals surface area contributed by atoms with Crippen molar-refractivity contribution in [1.82, 2.24) is 9.97 Å². The number of pyridine rings is 2. The van der Waals surface area contributed by atoms with E-state index in [0.29, 0.717) is 35.2 Å². The minimum absolute atomic E-state index is 0.0444. The van der Waals surface area contributed by atoms with Gasteiger partial charge in [-0.2, -0.15) is 0 Å². The highest BCUT2D eigenvalue weighted by Crippen LogP contribution is 2.54. The molecule has 2 heterocycles. The van der Waals surface area contributed by atoms with Crippen molar-refractivity contribution in [3.63, 3.8) is 0 Å². The van der Waals surface area contributed by atoms with E-state index in [1.54, 1.807) is 31.5 Å². The van der Waals surface area contributed by atoms with Crippen LogP contribution in [0.15, 0.2) is 48.8 Å². The molecule has 1 amide bonds. The van der Waals surface area contributed by atoms with E-state index in [1.165, 1.54) is 11.6 Å². The first kappa shape index (κ1) is 20.9. The number of carbonyl (C=O) groups is 1. The van der Waals surface area contributed by atoms with Gasteiger partial charge in [-0.3, -0.25) is 9.78 Å². The number of fused-ring (bicyclic) bond motifs is 2. The number of carbonyl (C=O) groups excluding carboxylic acids is 1. The molecule has 5 rings (SSSR count). The van der Waals surface area contributed by atoms with Crippen LogP contribution in [-0.4, -0.2) is 23.0 Å². The topological polar surface area (TPSA) is 64.1 Å². The molecule has 2 aromatic heterocycles. The molecular formula is C26H28FN3O2. The first-order chi connectivity index (χ1) is 15.5. The lowest BCUT2D eigenvalue weighted by atomic mass is 9.86. The number of halogens is 1. The van der Waals surface area contributed by atoms with Gasteiger partial charge in [-0.05, 0) is 85.3 Å². The fourth-order valence-corrected chi connectivity index (χ4v) is 5.87. The summed E-state index contributed by atoms with van der Waals surface area (Å²) in [5.74, 6) is 2.40. The lowest BCUT2D eigenvalue weighted by molar-refractivity contribution is -0.120. The normalized spacial score (nSPS) is 25.5. The van der Waals surface area contributed by atoms with Crippen LogP contribution in [0.2, 0.25) is 0 Å². The largest absolute Gasteiger partial charge is 0.481 e. The van der Waals surface area contributed by atoms with Crippen LogP contribution in [0.25, 0.3) is 10.9 Å². The molecule has 2 saturated carbocycles. The molecule has 5 atom stereocenters. The van der Waals surface area contributed by atoms with Gasteiger partial charge in [0.1, 0.15) is 5.82 Å². The highest BCUT2D eigenvalue weighted by molar-refractivity contribution is 5.92. The van der Waals surface area contributed by atoms with Gasteiger partial charge in [0, 0.05) is 23.6 Å². The zero-order valence-electron chi connectivity index (χ0n) is 18.4. The molecule has 1 aromatic carbocycles. The summed E-state index contributed by atoms with van der Waals surface area (Å²) in [7, 11) is 1.57. The van der Waals surface area contributed by atoms with Gasteiger partial charge in [-0.15, -0.1) is 0 Å². The van der Waals surface area contributed by atoms with Gasteiger partial charge in [0.2, 0.25) is 11.8 Å². The predicted molar refractivity (Wildman–Crippen MR) is 122 cm³/mol. The van der Waals surface area contributed by atoms with Crippen LogP contribution < -0.4 is 10.1 Å². The van der Waals surface area contributed by atoms with Gasteiger partial charge in [-0.1, -0.05) is 6.92 Å². The Labute approximate surface area is 187 Å². The minimum atomic E-state index is -0.211. The lowest BCUT2D eigenvalue weighted by Gasteiger charge is -2.21. The number of benzene rings is 1. The number of amides is 1. The van der Waals surface area contributed by atoms with Crippen molar-refractivity contribution in [2.45, 2.75) is 38.5 Å². The Hall–Kier alpha value is -3.02. The molecule has 0 aliphatic heterocycles. The molecule has 2 aliphatic rings. The van der Waals surface area contributed by atoms with E-state index >= 15 is 0 Å². The molecule has 1 N–H and O–H groups in total. The molecule has 0 unspecified atom stereocenters. The van der Waals surface area contributed by atoms with E-state index in [-0.39, 0.29) is 17.6 Å². The quantitative estimate of drug-likeness (QED) is 0.571. The number of anilines is 1. The van der Waals surface area contributed by atoms with E-state index in [0.717, 1.165) is 36.6 Å². The summed E-state index contributed by atoms with van der Waals surface area (Å²) in [6.07, 6.45) is 7.83. The average molecular weight is 434 g/mol. The van der Waals surface area contributed by atoms with Crippen molar-refractivity contribution >= 4 is 22.5 Å². The third-order valence-electron chi connectivity index (χ3n) is 7.56. The Morgan fingerprint density at radius 2 is 1.88 bits per heavy atom. The Balaban J connectivity index is 1.23. The third-order valence-corrected chi connectivity index (χ3v) is 7.56. The third kappa shape index (κ3) is 3.94. The van der Waals surface area contributed by atoms with Gasteiger partial charge < -0.3 is 10.1 Å². The molecule has 3 aromatic rings. The number of hydrogen-bond donors (Lipinski definition) is 1. The summed E-state index contributed by atoms with van der Waals surface area (Å²) < 4.78 is 18.9. The number of nitrogens with zero attached hydrogens (tertiary/aromatic N) is 2. The van der Waals surface area contributed by atoms with E-state index in [1.807, 2.05) is 19.2 Å². The Bertz CT molecular complexity index is 1120. The summed E-state index contributed by atoms with van der Waals surface area (Å²) >= 11 is 0. The molecule has 166 valence electrons. The molecule has 0 spiro atoms. The maximum absolute atomic E-state index is 13.9. The number of aromatic nitrogens is 2. The fraction of sp³-hybridized carbons (Fsp3) is 0.423. The van der Waals surface area contributed by atoms with E-state index in [9.17, 15) is 9.18 Å². The van der Waals surface area contributed by atoms with Crippen molar-refractivity contribution in [3.05, 3.63) is 60.2 Å². The van der Waals surface area contributed by atoms with Crippen LogP contribution in [0.5, 0.6) is 5.88 Å². The van der Waals surface area contributed by atoms with Gasteiger partial charge in [0.05, 0.1) is 24.5 Å². The van der Waals surface area contributed by atoms with Crippen LogP contribution in [0.4, 0.5) is 10.1 Å². The standard InChI is InChI=1S/C26H28FN3O2/c1-15(26(31)30-21-4-6-25(32-2)29-14-21)16-9-17-11-19(12-18(17)10-16)22-7-8-28-24-5-3-20(27)13-23(22)24/h3-8,13-19H,9-12H2,1-2H3,(H,30,31)/t15-,16-,17-,18+,19+/m1/s1. The summed E-state index contributed by atoms with van der Waals surface area (Å²) in [4.78, 5) is 21.4. The number of ether oxygens (including phenoxy) is 1. The second-order valence-electron chi connectivity index (χ2n) is 9.35. The Kier molecular flexibility index (Phi) is 5.53. The molecule has 32 heavy (non-hydrogen) atoms. The maximum atomic E-state index is 13.9. The number of rotatable bonds is 5. The molecule has 0 saturated heterocycles. The number of hydrogen-bond acceptors (Lipinski definition) is 4. The molecular weight excluding hydrogens is 405 g/mol. The monoisotopic (exact) mass is 433 g/mol. The smallest absolute Gasteiger partial charge is 0.227 e. The average Bonchev–Trinajstić information content (AvgIpc) is 3.38. The molecule has 0 bridgehead atoms. The van der Waals surface area contributed by atoms with Crippen LogP contribution in [-0.2, 0) is 4.79 Å². The first-order valence-electron chi connectivity index (χ1n) is 11.4. The predicted octanol–water partition coefficient (Wildman–Crippen LogP) is 5.57. The van der Waals surface area contributed by atoms with Crippen LogP contribution in [0, 0.1) is 29.5 Å². The van der Waals surface area contributed by atoms with Gasteiger partial charge in [0.25, 0.3) is 0 Å². The molecule has 2 fully saturated rings. The maximum Gasteiger partial charge on any atom is 0.227 e. The Morgan fingerprint density at radius 3 is 2.56 bits per heavy atom. The van der Waals surface area contributed by atoms with E-state index < -0.39 is 0 Å². The van der Waals surface area contributed by atoms with Crippen molar-refractivity contribution in [2.75, 3.05) is 12.4 Å². The van der Waals surface area contributed by atoms with Crippen molar-refractivity contribution in [1.29, 1.82) is 0 Å². The summed E-state index contributed by atoms with van der Waals surface area (Å²) in [6.45, 7) is 2.04. The first-order valence-corrected chi connectivity index (χ1v) is 11.4. The molecule has 2 aliphatic carbocycles. The van der Waals surface area contributed by atoms with E-state index in [4.69, 9.17) is 4.74 Å². The van der Waals surface area contributed by atoms with Crippen molar-refractivity contribution < 1.29 is 13.9 Å². The highest BCUT2D eigenvalue weighted by Gasteiger charge is 2.44. The summed E-state index contributed by atoms with van der Waals surface area (Å²) in [6, 6.07) is 10.5. The molecule has 6 heteroatoms. The van der Waals surface area contributed by atoms with Crippen LogP contribution in [0.3, 0.4) is 0 Å². The Morgan fingerprint density at radius 1 is 1.09 bits per heavy atom. The van der Waals surface area contributed by atoms with Crippen molar-refractivity contribution in [3.8, 4) is 5.88 Å².